The van der Waals surface area contributed by atoms with E-state index in [1.54, 1.807) is 6.92 Å². The molecule has 0 aliphatic carbocycles. The largest absolute Gasteiger partial charge is 0.377 e. The van der Waals surface area contributed by atoms with Gasteiger partial charge in [0.15, 0.2) is 0 Å². The summed E-state index contributed by atoms with van der Waals surface area (Å²) in [5, 5.41) is 0. The van der Waals surface area contributed by atoms with Crippen molar-refractivity contribution in [3.8, 4) is 0 Å². The zero-order valence-corrected chi connectivity index (χ0v) is 10.9. The number of nitrogens with one attached hydrogen (secondary N) is 1. The van der Waals surface area contributed by atoms with E-state index in [9.17, 15) is 12.8 Å². The molecule has 1 aromatic carbocycles. The summed E-state index contributed by atoms with van der Waals surface area (Å²) in [5.74, 6) is -0.746. The van der Waals surface area contributed by atoms with Crippen molar-refractivity contribution in [3.63, 3.8) is 0 Å². The molecule has 0 bridgehead atoms. The van der Waals surface area contributed by atoms with Crippen molar-refractivity contribution in [3.05, 3.63) is 30.1 Å². The van der Waals surface area contributed by atoms with Gasteiger partial charge in [-0.3, -0.25) is 0 Å². The molecule has 100 valence electrons. The summed E-state index contributed by atoms with van der Waals surface area (Å²) in [6.45, 7) is 2.38. The predicted octanol–water partition coefficient (Wildman–Crippen LogP) is 1.67. The van der Waals surface area contributed by atoms with E-state index in [0.29, 0.717) is 6.61 Å². The van der Waals surface area contributed by atoms with Crippen molar-refractivity contribution in [2.75, 3.05) is 6.61 Å². The Labute approximate surface area is 106 Å². The molecular formula is C12H16FNO3S. The molecule has 1 aromatic rings. The van der Waals surface area contributed by atoms with Crippen molar-refractivity contribution < 1.29 is 17.5 Å². The van der Waals surface area contributed by atoms with Crippen molar-refractivity contribution in [2.24, 2.45) is 0 Å². The van der Waals surface area contributed by atoms with Crippen molar-refractivity contribution in [2.45, 2.75) is 36.8 Å². The highest BCUT2D eigenvalue weighted by Crippen LogP contribution is 2.18. The van der Waals surface area contributed by atoms with E-state index in [-0.39, 0.29) is 17.0 Å². The van der Waals surface area contributed by atoms with Crippen LogP contribution in [0, 0.1) is 5.82 Å². The molecule has 1 fully saturated rings. The van der Waals surface area contributed by atoms with Crippen LogP contribution >= 0.6 is 0 Å². The minimum absolute atomic E-state index is 0.133. The molecule has 0 aromatic heterocycles. The summed E-state index contributed by atoms with van der Waals surface area (Å²) in [5.41, 5.74) is 0. The van der Waals surface area contributed by atoms with Crippen LogP contribution in [0.15, 0.2) is 29.2 Å². The Bertz CT molecular complexity index is 512. The first-order chi connectivity index (χ1) is 8.50. The van der Waals surface area contributed by atoms with Gasteiger partial charge in [0.1, 0.15) is 10.7 Å². The second kappa shape index (κ2) is 5.34. The summed E-state index contributed by atoms with van der Waals surface area (Å²) in [7, 11) is -3.83. The van der Waals surface area contributed by atoms with Crippen LogP contribution in [-0.2, 0) is 14.8 Å². The molecule has 1 aliphatic rings. The maximum Gasteiger partial charge on any atom is 0.243 e. The number of benzene rings is 1. The fraction of sp³-hybridized carbons (Fsp3) is 0.500. The second-order valence-electron chi connectivity index (χ2n) is 4.39. The monoisotopic (exact) mass is 273 g/mol. The number of halogens is 1. The lowest BCUT2D eigenvalue weighted by Crippen LogP contribution is -2.41. The highest BCUT2D eigenvalue weighted by Gasteiger charge is 2.28. The van der Waals surface area contributed by atoms with E-state index < -0.39 is 15.8 Å². The average molecular weight is 273 g/mol. The fourth-order valence-electron chi connectivity index (χ4n) is 2.04. The van der Waals surface area contributed by atoms with E-state index in [0.717, 1.165) is 18.9 Å². The summed E-state index contributed by atoms with van der Waals surface area (Å²) in [6.07, 6.45) is 1.61. The standard InChI is InChI=1S/C12H16FNO3S/c1-9(11-6-4-8-17-11)14-18(15,16)12-7-3-2-5-10(12)13/h2-3,5,7,9,11,14H,4,6,8H2,1H3/t9-,11+/m0/s1. The van der Waals surface area contributed by atoms with Crippen LogP contribution in [0.25, 0.3) is 0 Å². The number of sulfonamides is 1. The zero-order valence-electron chi connectivity index (χ0n) is 10.1. The van der Waals surface area contributed by atoms with Gasteiger partial charge in [-0.1, -0.05) is 12.1 Å². The summed E-state index contributed by atoms with van der Waals surface area (Å²) >= 11 is 0. The molecule has 2 atom stereocenters. The van der Waals surface area contributed by atoms with Gasteiger partial charge in [0.05, 0.1) is 6.10 Å². The van der Waals surface area contributed by atoms with E-state index >= 15 is 0 Å². The van der Waals surface area contributed by atoms with Gasteiger partial charge in [-0.25, -0.2) is 17.5 Å². The molecule has 0 radical (unpaired) electrons. The lowest BCUT2D eigenvalue weighted by molar-refractivity contribution is 0.0902. The van der Waals surface area contributed by atoms with Crippen LogP contribution < -0.4 is 4.72 Å². The van der Waals surface area contributed by atoms with Crippen LogP contribution in [0.4, 0.5) is 4.39 Å². The zero-order chi connectivity index (χ0) is 13.2. The van der Waals surface area contributed by atoms with Gasteiger partial charge in [0.25, 0.3) is 0 Å². The van der Waals surface area contributed by atoms with E-state index in [1.165, 1.54) is 18.2 Å². The third kappa shape index (κ3) is 2.88. The Balaban J connectivity index is 2.14. The molecule has 18 heavy (non-hydrogen) atoms. The fourth-order valence-corrected chi connectivity index (χ4v) is 3.39. The summed E-state index contributed by atoms with van der Waals surface area (Å²) in [4.78, 5) is -0.324. The van der Waals surface area contributed by atoms with Crippen molar-refractivity contribution in [1.29, 1.82) is 0 Å². The molecule has 1 aliphatic heterocycles. The molecule has 1 heterocycles. The molecule has 4 nitrogen and oxygen atoms in total. The minimum atomic E-state index is -3.83. The Kier molecular flexibility index (Phi) is 3.99. The molecular weight excluding hydrogens is 257 g/mol. The normalized spacial score (nSPS) is 22.0. The number of ether oxygens (including phenoxy) is 1. The maximum atomic E-state index is 13.5. The summed E-state index contributed by atoms with van der Waals surface area (Å²) < 4.78 is 45.4. The number of hydrogen-bond donors (Lipinski definition) is 1. The molecule has 1 N–H and O–H groups in total. The van der Waals surface area contributed by atoms with Gasteiger partial charge in [-0.2, -0.15) is 0 Å². The highest BCUT2D eigenvalue weighted by molar-refractivity contribution is 7.89. The Morgan fingerprint density at radius 2 is 2.17 bits per heavy atom. The van der Waals surface area contributed by atoms with Gasteiger partial charge in [-0.15, -0.1) is 0 Å². The van der Waals surface area contributed by atoms with Gasteiger partial charge >= 0.3 is 0 Å². The highest BCUT2D eigenvalue weighted by atomic mass is 32.2. The lowest BCUT2D eigenvalue weighted by atomic mass is 10.1. The van der Waals surface area contributed by atoms with Crippen LogP contribution in [0.5, 0.6) is 0 Å². The quantitative estimate of drug-likeness (QED) is 0.908. The van der Waals surface area contributed by atoms with Gasteiger partial charge in [-0.05, 0) is 31.9 Å². The first-order valence-corrected chi connectivity index (χ1v) is 7.37. The molecule has 0 unspecified atom stereocenters. The van der Waals surface area contributed by atoms with Crippen LogP contribution in [0.2, 0.25) is 0 Å². The van der Waals surface area contributed by atoms with Crippen LogP contribution in [-0.4, -0.2) is 27.2 Å². The van der Waals surface area contributed by atoms with E-state index in [1.807, 2.05) is 0 Å². The molecule has 0 amide bonds. The van der Waals surface area contributed by atoms with E-state index in [2.05, 4.69) is 4.72 Å². The van der Waals surface area contributed by atoms with Crippen molar-refractivity contribution >= 4 is 10.0 Å². The molecule has 0 saturated carbocycles. The Morgan fingerprint density at radius 3 is 2.78 bits per heavy atom. The van der Waals surface area contributed by atoms with Crippen molar-refractivity contribution in [1.82, 2.24) is 4.72 Å². The average Bonchev–Trinajstić information content (AvgIpc) is 2.82. The van der Waals surface area contributed by atoms with Gasteiger partial charge in [0, 0.05) is 12.6 Å². The van der Waals surface area contributed by atoms with Gasteiger partial charge in [0.2, 0.25) is 10.0 Å². The topological polar surface area (TPSA) is 55.4 Å². The SMILES string of the molecule is C[C@H](NS(=O)(=O)c1ccccc1F)[C@H]1CCCO1. The predicted molar refractivity (Wildman–Crippen MR) is 65.2 cm³/mol. The first-order valence-electron chi connectivity index (χ1n) is 5.89. The second-order valence-corrected chi connectivity index (χ2v) is 6.07. The summed E-state index contributed by atoms with van der Waals surface area (Å²) in [6, 6.07) is 4.97. The number of rotatable bonds is 4. The first kappa shape index (κ1) is 13.5. The van der Waals surface area contributed by atoms with E-state index in [4.69, 9.17) is 4.74 Å². The van der Waals surface area contributed by atoms with Gasteiger partial charge < -0.3 is 4.74 Å². The Hall–Kier alpha value is -0.980. The van der Waals surface area contributed by atoms with Crippen LogP contribution in [0.1, 0.15) is 19.8 Å². The molecule has 2 rings (SSSR count). The molecule has 0 spiro atoms. The minimum Gasteiger partial charge on any atom is -0.377 e. The third-order valence-corrected chi connectivity index (χ3v) is 4.58. The third-order valence-electron chi connectivity index (χ3n) is 2.99. The maximum absolute atomic E-state index is 13.5. The molecule has 1 saturated heterocycles. The number of hydrogen-bond acceptors (Lipinski definition) is 3. The lowest BCUT2D eigenvalue weighted by Gasteiger charge is -2.20. The van der Waals surface area contributed by atoms with Crippen LogP contribution in [0.3, 0.4) is 0 Å². The Morgan fingerprint density at radius 1 is 1.44 bits per heavy atom. The smallest absolute Gasteiger partial charge is 0.243 e. The molecule has 6 heteroatoms.